The summed E-state index contributed by atoms with van der Waals surface area (Å²) in [6, 6.07) is 22.4. The fourth-order valence-corrected chi connectivity index (χ4v) is 9.09. The van der Waals surface area contributed by atoms with E-state index in [9.17, 15) is 0 Å². The minimum atomic E-state index is -0.148. The van der Waals surface area contributed by atoms with E-state index in [1.54, 1.807) is 5.57 Å². The molecule has 0 bridgehead atoms. The Balaban J connectivity index is 0.000000492. The Labute approximate surface area is 368 Å². The largest absolute Gasteiger partial charge is 0.399 e. The molecule has 314 valence electrons. The minimum Gasteiger partial charge on any atom is -0.399 e. The first kappa shape index (κ1) is 44.7. The third-order valence-electron chi connectivity index (χ3n) is 13.0. The molecule has 4 aromatic carbocycles. The van der Waals surface area contributed by atoms with Gasteiger partial charge in [0, 0.05) is 23.0 Å². The van der Waals surface area contributed by atoms with Gasteiger partial charge in [-0.25, -0.2) is 0 Å². The number of aryl methyl sites for hydroxylation is 2. The van der Waals surface area contributed by atoms with Gasteiger partial charge in [0.15, 0.2) is 0 Å². The molecule has 0 saturated carbocycles. The summed E-state index contributed by atoms with van der Waals surface area (Å²) in [7, 11) is 0. The molecule has 3 aliphatic carbocycles. The number of anilines is 1. The van der Waals surface area contributed by atoms with Gasteiger partial charge in [-0.15, -0.1) is 0 Å². The number of hydrogen-bond donors (Lipinski definition) is 2. The standard InChI is InChI=1S/C49H53N.C10H15N/c1-9-38-22-25-42(32-39(38)10-2)50-30-29-36(6)35(5)19-20-37-21-26-44-41(31-37)24-28-46-45-27-23-40-17-14-16-34(4)33(3)15-12-11-13-18-43(40)47(45)49(7,8)48(44)46;1-3-8-5-6-10(11)7-9(8)4-2/h11-21,23-24,26-32,50H,9-10,22,25H2,1-8H3;5-7H,3-4,11H2,1-2H3/b12-11+,13-11?,15-12?,16-14?,17-14+,18-13-,20-19-,30-29+,33-15-,34-16-,34-33?,36-35-,40-17?,43-18?;. The molecule has 0 saturated heterocycles. The quantitative estimate of drug-likeness (QED) is 0.131. The summed E-state index contributed by atoms with van der Waals surface area (Å²) in [6.07, 6.45) is 35.5. The molecule has 0 amide bonds. The molecule has 7 rings (SSSR count). The monoisotopic (exact) mass is 805 g/mol. The van der Waals surface area contributed by atoms with Crippen LogP contribution in [0.25, 0.3) is 40.1 Å². The van der Waals surface area contributed by atoms with Gasteiger partial charge in [0.05, 0.1) is 0 Å². The summed E-state index contributed by atoms with van der Waals surface area (Å²) < 4.78 is 0. The highest BCUT2D eigenvalue weighted by atomic mass is 14.8. The van der Waals surface area contributed by atoms with Crippen LogP contribution in [-0.2, 0) is 18.3 Å². The van der Waals surface area contributed by atoms with Crippen molar-refractivity contribution in [2.75, 3.05) is 5.73 Å². The van der Waals surface area contributed by atoms with Crippen LogP contribution in [0.3, 0.4) is 0 Å². The Hall–Kier alpha value is -5.86. The van der Waals surface area contributed by atoms with Gasteiger partial charge in [-0.3, -0.25) is 0 Å². The molecule has 0 unspecified atom stereocenters. The summed E-state index contributed by atoms with van der Waals surface area (Å²) >= 11 is 0. The van der Waals surface area contributed by atoms with E-state index in [-0.39, 0.29) is 5.41 Å². The number of allylic oxidation sites excluding steroid dienone is 16. The van der Waals surface area contributed by atoms with E-state index in [4.69, 9.17) is 5.73 Å². The summed E-state index contributed by atoms with van der Waals surface area (Å²) in [6.45, 7) is 22.4. The first-order valence-electron chi connectivity index (χ1n) is 22.6. The van der Waals surface area contributed by atoms with Crippen LogP contribution >= 0.6 is 0 Å². The smallest absolute Gasteiger partial charge is 0.0316 e. The van der Waals surface area contributed by atoms with Crippen LogP contribution < -0.4 is 11.1 Å². The predicted molar refractivity (Wildman–Crippen MR) is 270 cm³/mol. The summed E-state index contributed by atoms with van der Waals surface area (Å²) in [4.78, 5) is 0. The maximum atomic E-state index is 5.66. The third-order valence-corrected chi connectivity index (χ3v) is 13.0. The number of hydrogen-bond acceptors (Lipinski definition) is 2. The zero-order chi connectivity index (χ0) is 43.7. The first-order valence-corrected chi connectivity index (χ1v) is 22.6. The van der Waals surface area contributed by atoms with Crippen LogP contribution in [0.2, 0.25) is 0 Å². The fourth-order valence-electron chi connectivity index (χ4n) is 9.09. The van der Waals surface area contributed by atoms with Crippen molar-refractivity contribution in [3.8, 4) is 11.1 Å². The van der Waals surface area contributed by atoms with Crippen molar-refractivity contribution in [3.05, 3.63) is 200 Å². The molecule has 2 heteroatoms. The number of nitrogens with one attached hydrogen (secondary N) is 1. The lowest BCUT2D eigenvalue weighted by Gasteiger charge is -2.26. The average molecular weight is 805 g/mol. The van der Waals surface area contributed by atoms with Crippen molar-refractivity contribution >= 4 is 34.7 Å². The molecular weight excluding hydrogens is 737 g/mol. The molecule has 0 radical (unpaired) electrons. The highest BCUT2D eigenvalue weighted by Crippen LogP contribution is 2.53. The topological polar surface area (TPSA) is 38.0 Å². The molecule has 61 heavy (non-hydrogen) atoms. The fraction of sp³-hybridized carbons (Fsp3) is 0.288. The van der Waals surface area contributed by atoms with E-state index in [0.29, 0.717) is 0 Å². The molecule has 2 nitrogen and oxygen atoms in total. The zero-order valence-corrected chi connectivity index (χ0v) is 38.6. The molecular formula is C59H68N2. The first-order chi connectivity index (χ1) is 29.4. The normalized spacial score (nSPS) is 19.5. The van der Waals surface area contributed by atoms with Crippen molar-refractivity contribution in [1.29, 1.82) is 0 Å². The minimum absolute atomic E-state index is 0.148. The number of nitrogens with two attached hydrogens (primary N) is 1. The molecule has 0 atom stereocenters. The number of nitrogen functional groups attached to an aromatic ring is 1. The molecule has 3 aliphatic rings. The van der Waals surface area contributed by atoms with Crippen molar-refractivity contribution in [1.82, 2.24) is 5.32 Å². The van der Waals surface area contributed by atoms with E-state index in [1.807, 2.05) is 6.07 Å². The molecule has 4 aromatic rings. The highest BCUT2D eigenvalue weighted by molar-refractivity contribution is 5.99. The summed E-state index contributed by atoms with van der Waals surface area (Å²) in [5.41, 5.74) is 28.0. The van der Waals surface area contributed by atoms with Crippen molar-refractivity contribution in [2.45, 2.75) is 113 Å². The second kappa shape index (κ2) is 20.1. The Morgan fingerprint density at radius 1 is 0.689 bits per heavy atom. The van der Waals surface area contributed by atoms with Gasteiger partial charge in [0.1, 0.15) is 0 Å². The van der Waals surface area contributed by atoms with Gasteiger partial charge >= 0.3 is 0 Å². The lowest BCUT2D eigenvalue weighted by atomic mass is 9.77. The Morgan fingerprint density at radius 3 is 2.15 bits per heavy atom. The van der Waals surface area contributed by atoms with Gasteiger partial charge in [-0.05, 0) is 185 Å². The van der Waals surface area contributed by atoms with E-state index in [1.165, 1.54) is 101 Å². The van der Waals surface area contributed by atoms with Gasteiger partial charge in [-0.2, -0.15) is 0 Å². The maximum Gasteiger partial charge on any atom is 0.0316 e. The molecule has 0 fully saturated rings. The van der Waals surface area contributed by atoms with Gasteiger partial charge in [0.25, 0.3) is 0 Å². The maximum absolute atomic E-state index is 5.66. The van der Waals surface area contributed by atoms with E-state index in [0.717, 1.165) is 37.8 Å². The van der Waals surface area contributed by atoms with Gasteiger partial charge < -0.3 is 11.1 Å². The van der Waals surface area contributed by atoms with E-state index in [2.05, 4.69) is 208 Å². The van der Waals surface area contributed by atoms with E-state index >= 15 is 0 Å². The average Bonchev–Trinajstić information content (AvgIpc) is 3.50. The van der Waals surface area contributed by atoms with E-state index < -0.39 is 0 Å². The molecule has 0 heterocycles. The summed E-state index contributed by atoms with van der Waals surface area (Å²) in [5, 5.41) is 6.17. The van der Waals surface area contributed by atoms with Crippen LogP contribution in [-0.4, -0.2) is 0 Å². The second-order valence-corrected chi connectivity index (χ2v) is 17.3. The van der Waals surface area contributed by atoms with Crippen LogP contribution in [0.4, 0.5) is 5.69 Å². The molecule has 0 aliphatic heterocycles. The van der Waals surface area contributed by atoms with Gasteiger partial charge in [-0.1, -0.05) is 150 Å². The van der Waals surface area contributed by atoms with Crippen molar-refractivity contribution < 1.29 is 0 Å². The molecule has 3 N–H and O–H groups in total. The van der Waals surface area contributed by atoms with Crippen molar-refractivity contribution in [3.63, 3.8) is 0 Å². The lowest BCUT2D eigenvalue weighted by Crippen LogP contribution is -2.17. The predicted octanol–water partition coefficient (Wildman–Crippen LogP) is 16.3. The lowest BCUT2D eigenvalue weighted by molar-refractivity contribution is 0.664. The SMILES string of the molecule is CCC1=C(CC)CCC(N/C=C/C(C)=C(C)\C=C/c2ccc3c4c(ccc3c2)-c2ccc3c(c2C4(C)C)\C=C/C=C/C=C(C)\C(C)=C/C=C/3)=C1.CCc1ccc(N)cc1CC. The number of benzene rings is 4. The third kappa shape index (κ3) is 10.2. The number of fused-ring (bicyclic) bond motifs is 7. The Morgan fingerprint density at radius 2 is 1.41 bits per heavy atom. The number of rotatable bonds is 9. The van der Waals surface area contributed by atoms with Crippen LogP contribution in [0.5, 0.6) is 0 Å². The second-order valence-electron chi connectivity index (χ2n) is 17.3. The zero-order valence-electron chi connectivity index (χ0n) is 38.6. The van der Waals surface area contributed by atoms with Crippen LogP contribution in [0, 0.1) is 0 Å². The van der Waals surface area contributed by atoms with Gasteiger partial charge in [0.2, 0.25) is 0 Å². The van der Waals surface area contributed by atoms with Crippen LogP contribution in [0.15, 0.2) is 161 Å². The van der Waals surface area contributed by atoms with Crippen molar-refractivity contribution in [2.24, 2.45) is 0 Å². The Kier molecular flexibility index (Phi) is 14.7. The Bertz CT molecular complexity index is 2600. The van der Waals surface area contributed by atoms with Crippen LogP contribution in [0.1, 0.15) is 134 Å². The molecule has 0 spiro atoms. The molecule has 0 aromatic heterocycles. The summed E-state index contributed by atoms with van der Waals surface area (Å²) in [5.74, 6) is 0. The highest BCUT2D eigenvalue weighted by Gasteiger charge is 2.38.